The van der Waals surface area contributed by atoms with Gasteiger partial charge >= 0.3 is 0 Å². The van der Waals surface area contributed by atoms with Crippen LogP contribution < -0.4 is 4.74 Å². The van der Waals surface area contributed by atoms with Crippen LogP contribution in [0.25, 0.3) is 0 Å². The first kappa shape index (κ1) is 18.2. The van der Waals surface area contributed by atoms with E-state index >= 15 is 0 Å². The van der Waals surface area contributed by atoms with Crippen LogP contribution in [-0.2, 0) is 16.4 Å². The first-order chi connectivity index (χ1) is 12.5. The highest BCUT2D eigenvalue weighted by Crippen LogP contribution is 2.34. The second-order valence-corrected chi connectivity index (χ2v) is 9.99. The summed E-state index contributed by atoms with van der Waals surface area (Å²) in [5.74, 6) is 2.12. The lowest BCUT2D eigenvalue weighted by Crippen LogP contribution is -2.59. The number of aliphatic hydroxyl groups is 1. The third kappa shape index (κ3) is 4.22. The Bertz CT molecular complexity index is 735. The van der Waals surface area contributed by atoms with Crippen LogP contribution in [0.1, 0.15) is 18.4 Å². The van der Waals surface area contributed by atoms with Gasteiger partial charge in [-0.1, -0.05) is 12.1 Å². The molecule has 3 aliphatic rings. The molecule has 3 fully saturated rings. The molecule has 144 valence electrons. The average Bonchev–Trinajstić information content (AvgIpc) is 3.36. The van der Waals surface area contributed by atoms with Gasteiger partial charge in [-0.2, -0.15) is 0 Å². The van der Waals surface area contributed by atoms with Crippen LogP contribution in [0.15, 0.2) is 24.3 Å². The first-order valence-electron chi connectivity index (χ1n) is 9.55. The Balaban J connectivity index is 1.46. The molecule has 0 aromatic heterocycles. The summed E-state index contributed by atoms with van der Waals surface area (Å²) < 4.78 is 30.1. The molecule has 0 radical (unpaired) electrons. The lowest BCUT2D eigenvalue weighted by Gasteiger charge is -2.44. The van der Waals surface area contributed by atoms with Crippen LogP contribution in [0.2, 0.25) is 0 Å². The van der Waals surface area contributed by atoms with E-state index < -0.39 is 9.84 Å². The zero-order valence-corrected chi connectivity index (χ0v) is 15.9. The monoisotopic (exact) mass is 380 g/mol. The molecule has 1 aliphatic carbocycles. The normalized spacial score (nSPS) is 28.8. The number of aliphatic hydroxyl groups excluding tert-OH is 1. The molecule has 0 spiro atoms. The van der Waals surface area contributed by atoms with Gasteiger partial charge in [-0.25, -0.2) is 8.42 Å². The number of piperazine rings is 1. The van der Waals surface area contributed by atoms with Crippen molar-refractivity contribution in [3.8, 4) is 5.75 Å². The summed E-state index contributed by atoms with van der Waals surface area (Å²) >= 11 is 0. The predicted octanol–water partition coefficient (Wildman–Crippen LogP) is 0.751. The van der Waals surface area contributed by atoms with Crippen molar-refractivity contribution in [2.24, 2.45) is 5.92 Å². The summed E-state index contributed by atoms with van der Waals surface area (Å²) in [7, 11) is -2.96. The van der Waals surface area contributed by atoms with Gasteiger partial charge in [0.1, 0.15) is 12.4 Å². The predicted molar refractivity (Wildman–Crippen MR) is 100.0 cm³/mol. The molecular formula is C19H28N2O4S. The molecule has 1 N–H and O–H groups in total. The SMILES string of the molecule is O=S1(=O)CC2C(C1)N(CC1CC1)CCN2Cc1cccc(OCCO)c1. The Hall–Kier alpha value is -1.15. The summed E-state index contributed by atoms with van der Waals surface area (Å²) in [6.45, 7) is 3.94. The number of hydrogen-bond donors (Lipinski definition) is 1. The quantitative estimate of drug-likeness (QED) is 0.753. The Labute approximate surface area is 155 Å². The van der Waals surface area contributed by atoms with Gasteiger partial charge in [-0.05, 0) is 36.5 Å². The molecular weight excluding hydrogens is 352 g/mol. The van der Waals surface area contributed by atoms with Crippen LogP contribution in [0.5, 0.6) is 5.75 Å². The maximum absolute atomic E-state index is 12.3. The summed E-state index contributed by atoms with van der Waals surface area (Å²) in [5, 5.41) is 8.91. The minimum atomic E-state index is -2.96. The highest BCUT2D eigenvalue weighted by atomic mass is 32.2. The van der Waals surface area contributed by atoms with Gasteiger partial charge in [0.2, 0.25) is 0 Å². The number of benzene rings is 1. The van der Waals surface area contributed by atoms with Crippen LogP contribution in [0, 0.1) is 5.92 Å². The lowest BCUT2D eigenvalue weighted by molar-refractivity contribution is 0.0376. The topological polar surface area (TPSA) is 70.1 Å². The van der Waals surface area contributed by atoms with E-state index in [2.05, 4.69) is 15.9 Å². The van der Waals surface area contributed by atoms with Crippen molar-refractivity contribution >= 4 is 9.84 Å². The van der Waals surface area contributed by atoms with Crippen LogP contribution in [-0.4, -0.2) is 79.8 Å². The van der Waals surface area contributed by atoms with Crippen molar-refractivity contribution in [2.45, 2.75) is 31.5 Å². The number of nitrogens with zero attached hydrogens (tertiary/aromatic N) is 2. The Kier molecular flexibility index (Phi) is 5.23. The minimum absolute atomic E-state index is 0.00516. The molecule has 2 aliphatic heterocycles. The van der Waals surface area contributed by atoms with Crippen molar-refractivity contribution in [3.63, 3.8) is 0 Å². The van der Waals surface area contributed by atoms with Crippen molar-refractivity contribution in [1.29, 1.82) is 0 Å². The second-order valence-electron chi connectivity index (χ2n) is 7.84. The van der Waals surface area contributed by atoms with E-state index in [0.717, 1.165) is 43.4 Å². The van der Waals surface area contributed by atoms with Gasteiger partial charge in [0.25, 0.3) is 0 Å². The summed E-state index contributed by atoms with van der Waals surface area (Å²) in [5.41, 5.74) is 1.12. The Morgan fingerprint density at radius 3 is 2.58 bits per heavy atom. The Morgan fingerprint density at radius 2 is 1.85 bits per heavy atom. The molecule has 0 bridgehead atoms. The standard InChI is InChI=1S/C19H28N2O4S/c22-8-9-25-17-3-1-2-16(10-17)12-21-7-6-20(11-15-4-5-15)18-13-26(23,24)14-19(18)21/h1-3,10,15,18-19,22H,4-9,11-14H2. The molecule has 2 saturated heterocycles. The number of ether oxygens (including phenoxy) is 1. The highest BCUT2D eigenvalue weighted by molar-refractivity contribution is 7.91. The number of rotatable bonds is 7. The van der Waals surface area contributed by atoms with Crippen molar-refractivity contribution < 1.29 is 18.3 Å². The molecule has 0 amide bonds. The Morgan fingerprint density at radius 1 is 1.12 bits per heavy atom. The van der Waals surface area contributed by atoms with Gasteiger partial charge in [0.05, 0.1) is 18.1 Å². The van der Waals surface area contributed by atoms with Gasteiger partial charge in [-0.3, -0.25) is 9.80 Å². The van der Waals surface area contributed by atoms with E-state index in [1.807, 2.05) is 18.2 Å². The fourth-order valence-corrected chi connectivity index (χ4v) is 6.33. The maximum Gasteiger partial charge on any atom is 0.153 e. The first-order valence-corrected chi connectivity index (χ1v) is 11.4. The molecule has 4 rings (SSSR count). The number of fused-ring (bicyclic) bond motifs is 1. The fraction of sp³-hybridized carbons (Fsp3) is 0.684. The van der Waals surface area contributed by atoms with Gasteiger partial charge in [0, 0.05) is 38.3 Å². The second kappa shape index (κ2) is 7.46. The van der Waals surface area contributed by atoms with Crippen LogP contribution in [0.4, 0.5) is 0 Å². The van der Waals surface area contributed by atoms with Crippen molar-refractivity contribution in [3.05, 3.63) is 29.8 Å². The van der Waals surface area contributed by atoms with Gasteiger partial charge in [-0.15, -0.1) is 0 Å². The molecule has 1 aromatic carbocycles. The molecule has 2 unspecified atom stereocenters. The highest BCUT2D eigenvalue weighted by Gasteiger charge is 2.47. The summed E-state index contributed by atoms with van der Waals surface area (Å²) in [6, 6.07) is 8.12. The smallest absolute Gasteiger partial charge is 0.153 e. The van der Waals surface area contributed by atoms with Crippen molar-refractivity contribution in [2.75, 3.05) is 44.4 Å². The molecule has 7 heteroatoms. The molecule has 6 nitrogen and oxygen atoms in total. The summed E-state index contributed by atoms with van der Waals surface area (Å²) in [6.07, 6.45) is 2.59. The molecule has 2 atom stereocenters. The van der Waals surface area contributed by atoms with Gasteiger partial charge < -0.3 is 9.84 Å². The minimum Gasteiger partial charge on any atom is -0.491 e. The van der Waals surface area contributed by atoms with Crippen LogP contribution in [0.3, 0.4) is 0 Å². The van der Waals surface area contributed by atoms with E-state index in [-0.39, 0.29) is 31.1 Å². The molecule has 1 saturated carbocycles. The lowest BCUT2D eigenvalue weighted by atomic mass is 10.0. The van der Waals surface area contributed by atoms with E-state index in [9.17, 15) is 8.42 Å². The fourth-order valence-electron chi connectivity index (χ4n) is 4.28. The van der Waals surface area contributed by atoms with E-state index in [1.54, 1.807) is 0 Å². The zero-order valence-electron chi connectivity index (χ0n) is 15.1. The third-order valence-corrected chi connectivity index (χ3v) is 7.44. The number of hydrogen-bond acceptors (Lipinski definition) is 6. The number of sulfone groups is 1. The van der Waals surface area contributed by atoms with E-state index in [1.165, 1.54) is 12.8 Å². The largest absolute Gasteiger partial charge is 0.491 e. The average molecular weight is 381 g/mol. The van der Waals surface area contributed by atoms with E-state index in [0.29, 0.717) is 5.75 Å². The molecule has 2 heterocycles. The maximum atomic E-state index is 12.3. The zero-order chi connectivity index (χ0) is 18.1. The third-order valence-electron chi connectivity index (χ3n) is 5.74. The molecule has 1 aromatic rings. The van der Waals surface area contributed by atoms with Crippen LogP contribution >= 0.6 is 0 Å². The van der Waals surface area contributed by atoms with Crippen molar-refractivity contribution in [1.82, 2.24) is 9.80 Å². The summed E-state index contributed by atoms with van der Waals surface area (Å²) in [4.78, 5) is 4.77. The van der Waals surface area contributed by atoms with Gasteiger partial charge in [0.15, 0.2) is 9.84 Å². The molecule has 26 heavy (non-hydrogen) atoms. The van der Waals surface area contributed by atoms with E-state index in [4.69, 9.17) is 9.84 Å².